The van der Waals surface area contributed by atoms with Crippen LogP contribution in [0.25, 0.3) is 11.4 Å². The SMILES string of the molecule is CCn1c(SCC(=O)NC(C)C23CC4CC(CC(C4)C2)C3)nnc1-c1cccc(C)c1. The fourth-order valence-corrected chi connectivity index (χ4v) is 7.77. The largest absolute Gasteiger partial charge is 0.352 e. The molecular weight excluding hydrogens is 404 g/mol. The number of nitrogens with one attached hydrogen (secondary N) is 1. The molecule has 6 heteroatoms. The van der Waals surface area contributed by atoms with Crippen molar-refractivity contribution < 1.29 is 4.79 Å². The molecule has 4 aliphatic carbocycles. The second-order valence-corrected chi connectivity index (χ2v) is 11.2. The van der Waals surface area contributed by atoms with Crippen molar-refractivity contribution in [2.24, 2.45) is 23.2 Å². The quantitative estimate of drug-likeness (QED) is 0.612. The van der Waals surface area contributed by atoms with Crippen LogP contribution >= 0.6 is 11.8 Å². The van der Waals surface area contributed by atoms with E-state index in [-0.39, 0.29) is 11.9 Å². The minimum atomic E-state index is 0.121. The molecule has 2 aromatic rings. The van der Waals surface area contributed by atoms with Gasteiger partial charge in [-0.15, -0.1) is 10.2 Å². The van der Waals surface area contributed by atoms with Gasteiger partial charge in [0.1, 0.15) is 0 Å². The predicted molar refractivity (Wildman–Crippen MR) is 125 cm³/mol. The van der Waals surface area contributed by atoms with Crippen molar-refractivity contribution in [1.29, 1.82) is 0 Å². The summed E-state index contributed by atoms with van der Waals surface area (Å²) >= 11 is 1.50. The van der Waals surface area contributed by atoms with Crippen LogP contribution in [-0.2, 0) is 11.3 Å². The maximum absolute atomic E-state index is 12.9. The van der Waals surface area contributed by atoms with Gasteiger partial charge in [0, 0.05) is 18.2 Å². The molecule has 4 fully saturated rings. The summed E-state index contributed by atoms with van der Waals surface area (Å²) in [5.74, 6) is 4.10. The number of aromatic nitrogens is 3. The topological polar surface area (TPSA) is 59.8 Å². The molecule has 6 rings (SSSR count). The van der Waals surface area contributed by atoms with Crippen LogP contribution in [0.4, 0.5) is 0 Å². The number of hydrogen-bond donors (Lipinski definition) is 1. The number of benzene rings is 1. The average molecular weight is 439 g/mol. The van der Waals surface area contributed by atoms with Gasteiger partial charge in [-0.3, -0.25) is 4.79 Å². The minimum Gasteiger partial charge on any atom is -0.352 e. The van der Waals surface area contributed by atoms with E-state index in [0.717, 1.165) is 40.8 Å². The summed E-state index contributed by atoms with van der Waals surface area (Å²) in [5.41, 5.74) is 2.62. The van der Waals surface area contributed by atoms with Crippen LogP contribution in [0.5, 0.6) is 0 Å². The van der Waals surface area contributed by atoms with Gasteiger partial charge in [0.2, 0.25) is 5.91 Å². The lowest BCUT2D eigenvalue weighted by atomic mass is 9.48. The van der Waals surface area contributed by atoms with Gasteiger partial charge in [0.05, 0.1) is 5.75 Å². The molecule has 1 N–H and O–H groups in total. The molecule has 1 aromatic carbocycles. The van der Waals surface area contributed by atoms with Gasteiger partial charge in [-0.1, -0.05) is 35.5 Å². The van der Waals surface area contributed by atoms with E-state index >= 15 is 0 Å². The molecule has 1 aromatic heterocycles. The maximum atomic E-state index is 12.9. The van der Waals surface area contributed by atoms with Gasteiger partial charge in [-0.25, -0.2) is 0 Å². The fraction of sp³-hybridized carbons (Fsp3) is 0.640. The lowest BCUT2D eigenvalue weighted by Gasteiger charge is -2.59. The van der Waals surface area contributed by atoms with E-state index in [1.807, 2.05) is 6.07 Å². The zero-order valence-corrected chi connectivity index (χ0v) is 19.8. The van der Waals surface area contributed by atoms with Crippen molar-refractivity contribution in [1.82, 2.24) is 20.1 Å². The second-order valence-electron chi connectivity index (χ2n) is 10.3. The van der Waals surface area contributed by atoms with Gasteiger partial charge in [-0.2, -0.15) is 0 Å². The zero-order chi connectivity index (χ0) is 21.6. The van der Waals surface area contributed by atoms with Gasteiger partial charge in [-0.05, 0) is 88.5 Å². The molecule has 0 spiro atoms. The Hall–Kier alpha value is -1.82. The summed E-state index contributed by atoms with van der Waals surface area (Å²) in [7, 11) is 0. The first-order chi connectivity index (χ1) is 15.0. The van der Waals surface area contributed by atoms with E-state index in [2.05, 4.69) is 59.1 Å². The number of aryl methyl sites for hydroxylation is 1. The Morgan fingerprint density at radius 3 is 2.48 bits per heavy atom. The van der Waals surface area contributed by atoms with Crippen LogP contribution in [0.15, 0.2) is 29.4 Å². The summed E-state index contributed by atoms with van der Waals surface area (Å²) in [4.78, 5) is 12.9. The van der Waals surface area contributed by atoms with Crippen molar-refractivity contribution in [2.75, 3.05) is 5.75 Å². The highest BCUT2D eigenvalue weighted by Gasteiger charge is 2.53. The highest BCUT2D eigenvalue weighted by Crippen LogP contribution is 2.61. The molecule has 4 bridgehead atoms. The highest BCUT2D eigenvalue weighted by molar-refractivity contribution is 7.99. The number of nitrogens with zero attached hydrogens (tertiary/aromatic N) is 3. The molecule has 4 aliphatic rings. The third-order valence-electron chi connectivity index (χ3n) is 8.02. The van der Waals surface area contributed by atoms with Crippen LogP contribution in [0.2, 0.25) is 0 Å². The van der Waals surface area contributed by atoms with Crippen molar-refractivity contribution in [3.05, 3.63) is 29.8 Å². The van der Waals surface area contributed by atoms with E-state index in [4.69, 9.17) is 0 Å². The first-order valence-electron chi connectivity index (χ1n) is 11.9. The number of thioether (sulfide) groups is 1. The number of amides is 1. The van der Waals surface area contributed by atoms with Crippen LogP contribution in [0, 0.1) is 30.1 Å². The average Bonchev–Trinajstić information content (AvgIpc) is 3.14. The molecule has 166 valence electrons. The third kappa shape index (κ3) is 4.04. The smallest absolute Gasteiger partial charge is 0.230 e. The summed E-state index contributed by atoms with van der Waals surface area (Å²) < 4.78 is 2.11. The Morgan fingerprint density at radius 2 is 1.87 bits per heavy atom. The fourth-order valence-electron chi connectivity index (χ4n) is 6.95. The van der Waals surface area contributed by atoms with E-state index in [0.29, 0.717) is 11.2 Å². The van der Waals surface area contributed by atoms with Gasteiger partial charge in [0.15, 0.2) is 11.0 Å². The highest BCUT2D eigenvalue weighted by atomic mass is 32.2. The molecule has 1 unspecified atom stereocenters. The second kappa shape index (κ2) is 8.27. The lowest BCUT2D eigenvalue weighted by Crippen LogP contribution is -2.56. The normalized spacial score (nSPS) is 29.8. The number of carbonyl (C=O) groups is 1. The molecule has 0 radical (unpaired) electrons. The molecule has 0 aliphatic heterocycles. The Bertz CT molecular complexity index is 933. The monoisotopic (exact) mass is 438 g/mol. The maximum Gasteiger partial charge on any atom is 0.230 e. The Kier molecular flexibility index (Phi) is 5.61. The molecule has 5 nitrogen and oxygen atoms in total. The number of carbonyl (C=O) groups excluding carboxylic acids is 1. The van der Waals surface area contributed by atoms with Crippen LogP contribution in [0.3, 0.4) is 0 Å². The molecule has 31 heavy (non-hydrogen) atoms. The summed E-state index contributed by atoms with van der Waals surface area (Å²) in [6, 6.07) is 8.59. The Labute approximate surface area is 189 Å². The van der Waals surface area contributed by atoms with Gasteiger partial charge in [0.25, 0.3) is 0 Å². The van der Waals surface area contributed by atoms with E-state index in [9.17, 15) is 4.79 Å². The molecule has 1 amide bonds. The standard InChI is InChI=1S/C25H34N4OS/c1-4-29-23(21-7-5-6-16(2)8-21)27-28-24(29)31-15-22(30)26-17(3)25-12-18-9-19(13-25)11-20(10-18)14-25/h5-8,17-20H,4,9-15H2,1-3H3,(H,26,30). The predicted octanol–water partition coefficient (Wildman–Crippen LogP) is 5.09. The van der Waals surface area contributed by atoms with E-state index in [1.165, 1.54) is 55.9 Å². The van der Waals surface area contributed by atoms with Crippen molar-refractivity contribution in [3.8, 4) is 11.4 Å². The van der Waals surface area contributed by atoms with Gasteiger partial charge >= 0.3 is 0 Å². The van der Waals surface area contributed by atoms with E-state index in [1.54, 1.807) is 0 Å². The molecule has 1 heterocycles. The first-order valence-corrected chi connectivity index (χ1v) is 12.9. The number of hydrogen-bond acceptors (Lipinski definition) is 4. The first kappa shape index (κ1) is 21.0. The zero-order valence-electron chi connectivity index (χ0n) is 18.9. The summed E-state index contributed by atoms with van der Waals surface area (Å²) in [5, 5.41) is 13.0. The molecule has 4 saturated carbocycles. The van der Waals surface area contributed by atoms with Crippen molar-refractivity contribution >= 4 is 17.7 Å². The molecule has 0 saturated heterocycles. The third-order valence-corrected chi connectivity index (χ3v) is 8.99. The molecule has 1 atom stereocenters. The van der Waals surface area contributed by atoms with Gasteiger partial charge < -0.3 is 9.88 Å². The minimum absolute atomic E-state index is 0.121. The van der Waals surface area contributed by atoms with E-state index < -0.39 is 0 Å². The van der Waals surface area contributed by atoms with Crippen molar-refractivity contribution in [2.45, 2.75) is 77.0 Å². The Balaban J connectivity index is 1.22. The van der Waals surface area contributed by atoms with Crippen molar-refractivity contribution in [3.63, 3.8) is 0 Å². The van der Waals surface area contributed by atoms with Crippen LogP contribution in [-0.4, -0.2) is 32.5 Å². The Morgan fingerprint density at radius 1 is 1.19 bits per heavy atom. The molecular formula is C25H34N4OS. The van der Waals surface area contributed by atoms with Crippen LogP contribution < -0.4 is 5.32 Å². The lowest BCUT2D eigenvalue weighted by molar-refractivity contribution is -0.123. The summed E-state index contributed by atoms with van der Waals surface area (Å²) in [6.07, 6.45) is 8.26. The van der Waals surface area contributed by atoms with Crippen LogP contribution in [0.1, 0.15) is 57.9 Å². The summed E-state index contributed by atoms with van der Waals surface area (Å²) in [6.45, 7) is 7.22. The number of rotatable bonds is 7.